The topological polar surface area (TPSA) is 32.3 Å². The SMILES string of the molecule is CNCCC(C)C.CO. The van der Waals surface area contributed by atoms with Gasteiger partial charge in [0, 0.05) is 7.11 Å². The van der Waals surface area contributed by atoms with Crippen molar-refractivity contribution in [3.8, 4) is 0 Å². The third-order valence-corrected chi connectivity index (χ3v) is 0.972. The largest absolute Gasteiger partial charge is 0.400 e. The first-order valence-electron chi connectivity index (χ1n) is 3.36. The van der Waals surface area contributed by atoms with Crippen molar-refractivity contribution >= 4 is 0 Å². The first-order valence-corrected chi connectivity index (χ1v) is 3.36. The molecule has 0 heterocycles. The Morgan fingerprint density at radius 3 is 1.89 bits per heavy atom. The minimum Gasteiger partial charge on any atom is -0.400 e. The molecule has 9 heavy (non-hydrogen) atoms. The summed E-state index contributed by atoms with van der Waals surface area (Å²) in [6, 6.07) is 0. The summed E-state index contributed by atoms with van der Waals surface area (Å²) >= 11 is 0. The second-order valence-electron chi connectivity index (χ2n) is 2.29. The molecular formula is C7H19NO. The van der Waals surface area contributed by atoms with Gasteiger partial charge in [0.05, 0.1) is 0 Å². The third kappa shape index (κ3) is 18.1. The molecule has 0 aliphatic heterocycles. The summed E-state index contributed by atoms with van der Waals surface area (Å²) in [6.07, 6.45) is 1.29. The Kier molecular flexibility index (Phi) is 14.0. The van der Waals surface area contributed by atoms with Gasteiger partial charge >= 0.3 is 0 Å². The first-order chi connectivity index (χ1) is 4.27. The molecule has 0 aromatic rings. The summed E-state index contributed by atoms with van der Waals surface area (Å²) in [5.41, 5.74) is 0. The van der Waals surface area contributed by atoms with Crippen LogP contribution in [-0.2, 0) is 0 Å². The second kappa shape index (κ2) is 10.8. The van der Waals surface area contributed by atoms with Crippen LogP contribution in [0.4, 0.5) is 0 Å². The van der Waals surface area contributed by atoms with Crippen LogP contribution in [0.15, 0.2) is 0 Å². The zero-order chi connectivity index (χ0) is 7.70. The van der Waals surface area contributed by atoms with Crippen LogP contribution >= 0.6 is 0 Å². The standard InChI is InChI=1S/C6H15N.CH4O/c1-6(2)4-5-7-3;1-2/h6-7H,4-5H2,1-3H3;2H,1H3. The lowest BCUT2D eigenvalue weighted by Crippen LogP contribution is -2.09. The van der Waals surface area contributed by atoms with Gasteiger partial charge in [-0.1, -0.05) is 13.8 Å². The Morgan fingerprint density at radius 1 is 1.33 bits per heavy atom. The number of hydrogen-bond acceptors (Lipinski definition) is 2. The second-order valence-corrected chi connectivity index (χ2v) is 2.29. The Hall–Kier alpha value is -0.0800. The van der Waals surface area contributed by atoms with E-state index in [1.165, 1.54) is 6.42 Å². The minimum atomic E-state index is 0.840. The van der Waals surface area contributed by atoms with Gasteiger partial charge in [0.15, 0.2) is 0 Å². The minimum absolute atomic E-state index is 0.840. The fourth-order valence-electron chi connectivity index (χ4n) is 0.433. The summed E-state index contributed by atoms with van der Waals surface area (Å²) < 4.78 is 0. The van der Waals surface area contributed by atoms with Gasteiger partial charge < -0.3 is 10.4 Å². The molecule has 0 rings (SSSR count). The first kappa shape index (κ1) is 11.7. The fourth-order valence-corrected chi connectivity index (χ4v) is 0.433. The van der Waals surface area contributed by atoms with E-state index in [4.69, 9.17) is 5.11 Å². The number of rotatable bonds is 3. The van der Waals surface area contributed by atoms with Crippen LogP contribution < -0.4 is 5.32 Å². The van der Waals surface area contributed by atoms with Gasteiger partial charge in [-0.3, -0.25) is 0 Å². The van der Waals surface area contributed by atoms with Crippen LogP contribution in [0, 0.1) is 5.92 Å². The Bertz CT molecular complexity index is 37.9. The van der Waals surface area contributed by atoms with Gasteiger partial charge in [-0.05, 0) is 25.9 Å². The average Bonchev–Trinajstić information content (AvgIpc) is 1.88. The van der Waals surface area contributed by atoms with Crippen LogP contribution in [0.5, 0.6) is 0 Å². The highest BCUT2D eigenvalue weighted by atomic mass is 16.2. The monoisotopic (exact) mass is 133 g/mol. The van der Waals surface area contributed by atoms with Gasteiger partial charge in [-0.25, -0.2) is 0 Å². The van der Waals surface area contributed by atoms with Crippen LogP contribution in [-0.4, -0.2) is 25.8 Å². The molecule has 2 N–H and O–H groups in total. The van der Waals surface area contributed by atoms with E-state index in [0.717, 1.165) is 19.6 Å². The lowest BCUT2D eigenvalue weighted by molar-refractivity contribution is 0.399. The molecule has 0 aliphatic carbocycles. The third-order valence-electron chi connectivity index (χ3n) is 0.972. The van der Waals surface area contributed by atoms with E-state index in [2.05, 4.69) is 19.2 Å². The van der Waals surface area contributed by atoms with Crippen molar-refractivity contribution < 1.29 is 5.11 Å². The molecular weight excluding hydrogens is 114 g/mol. The van der Waals surface area contributed by atoms with Crippen LogP contribution in [0.2, 0.25) is 0 Å². The quantitative estimate of drug-likeness (QED) is 0.598. The molecule has 0 unspecified atom stereocenters. The van der Waals surface area contributed by atoms with Crippen molar-refractivity contribution in [1.29, 1.82) is 0 Å². The highest BCUT2D eigenvalue weighted by Gasteiger charge is 1.88. The molecule has 2 nitrogen and oxygen atoms in total. The van der Waals surface area contributed by atoms with E-state index < -0.39 is 0 Å². The molecule has 0 saturated heterocycles. The van der Waals surface area contributed by atoms with E-state index in [9.17, 15) is 0 Å². The Morgan fingerprint density at radius 2 is 1.78 bits per heavy atom. The molecule has 0 saturated carbocycles. The van der Waals surface area contributed by atoms with E-state index in [0.29, 0.717) is 0 Å². The molecule has 2 heteroatoms. The maximum Gasteiger partial charge on any atom is 0.0319 e. The van der Waals surface area contributed by atoms with Crippen molar-refractivity contribution in [3.05, 3.63) is 0 Å². The summed E-state index contributed by atoms with van der Waals surface area (Å²) in [5.74, 6) is 0.840. The summed E-state index contributed by atoms with van der Waals surface area (Å²) in [4.78, 5) is 0. The summed E-state index contributed by atoms with van der Waals surface area (Å²) in [6.45, 7) is 5.62. The summed E-state index contributed by atoms with van der Waals surface area (Å²) in [7, 11) is 2.99. The molecule has 0 radical (unpaired) electrons. The van der Waals surface area contributed by atoms with Crippen molar-refractivity contribution in [3.63, 3.8) is 0 Å². The fraction of sp³-hybridized carbons (Fsp3) is 1.00. The highest BCUT2D eigenvalue weighted by molar-refractivity contribution is 4.45. The van der Waals surface area contributed by atoms with E-state index in [1.54, 1.807) is 0 Å². The molecule has 0 bridgehead atoms. The lowest BCUT2D eigenvalue weighted by Gasteiger charge is -2.00. The van der Waals surface area contributed by atoms with Gasteiger partial charge in [0.1, 0.15) is 0 Å². The lowest BCUT2D eigenvalue weighted by atomic mass is 10.1. The van der Waals surface area contributed by atoms with Crippen LogP contribution in [0.1, 0.15) is 20.3 Å². The highest BCUT2D eigenvalue weighted by Crippen LogP contribution is 1.94. The normalized spacial score (nSPS) is 8.67. The molecule has 0 aromatic carbocycles. The molecule has 0 aromatic heterocycles. The van der Waals surface area contributed by atoms with Gasteiger partial charge in [-0.2, -0.15) is 0 Å². The van der Waals surface area contributed by atoms with Crippen molar-refractivity contribution in [2.75, 3.05) is 20.7 Å². The van der Waals surface area contributed by atoms with Crippen molar-refractivity contribution in [2.24, 2.45) is 5.92 Å². The molecule has 0 aliphatic rings. The maximum atomic E-state index is 7.00. The van der Waals surface area contributed by atoms with Gasteiger partial charge in [0.2, 0.25) is 0 Å². The van der Waals surface area contributed by atoms with E-state index >= 15 is 0 Å². The van der Waals surface area contributed by atoms with Crippen LogP contribution in [0.3, 0.4) is 0 Å². The van der Waals surface area contributed by atoms with Crippen LogP contribution in [0.25, 0.3) is 0 Å². The average molecular weight is 133 g/mol. The van der Waals surface area contributed by atoms with Crippen molar-refractivity contribution in [2.45, 2.75) is 20.3 Å². The van der Waals surface area contributed by atoms with Crippen molar-refractivity contribution in [1.82, 2.24) is 5.32 Å². The smallest absolute Gasteiger partial charge is 0.0319 e. The number of aliphatic hydroxyl groups excluding tert-OH is 1. The zero-order valence-electron chi connectivity index (χ0n) is 6.94. The molecule has 58 valence electrons. The molecule has 0 fully saturated rings. The number of nitrogens with one attached hydrogen (secondary N) is 1. The summed E-state index contributed by atoms with van der Waals surface area (Å²) in [5, 5.41) is 10.1. The predicted molar refractivity (Wildman–Crippen MR) is 41.5 cm³/mol. The maximum absolute atomic E-state index is 7.00. The van der Waals surface area contributed by atoms with E-state index in [1.807, 2.05) is 7.05 Å². The van der Waals surface area contributed by atoms with E-state index in [-0.39, 0.29) is 0 Å². The number of hydrogen-bond donors (Lipinski definition) is 2. The van der Waals surface area contributed by atoms with Gasteiger partial charge in [-0.15, -0.1) is 0 Å². The molecule has 0 atom stereocenters. The molecule has 0 spiro atoms. The predicted octanol–water partition coefficient (Wildman–Crippen LogP) is 0.860. The number of aliphatic hydroxyl groups is 1. The Balaban J connectivity index is 0. The Labute approximate surface area is 58.3 Å². The van der Waals surface area contributed by atoms with Gasteiger partial charge in [0.25, 0.3) is 0 Å². The zero-order valence-corrected chi connectivity index (χ0v) is 6.94. The molecule has 0 amide bonds.